The third-order valence-corrected chi connectivity index (χ3v) is 5.30. The first-order valence-corrected chi connectivity index (χ1v) is 10.8. The molecule has 33 heavy (non-hydrogen) atoms. The maximum atomic E-state index is 5.97. The fourth-order valence-electron chi connectivity index (χ4n) is 3.19. The summed E-state index contributed by atoms with van der Waals surface area (Å²) in [7, 11) is 0. The van der Waals surface area contributed by atoms with Crippen LogP contribution in [0.2, 0.25) is 5.02 Å². The Balaban J connectivity index is 0.00000272. The number of anilines is 1. The van der Waals surface area contributed by atoms with E-state index in [0.29, 0.717) is 12.4 Å². The van der Waals surface area contributed by atoms with Gasteiger partial charge in [-0.2, -0.15) is 0 Å². The smallest absolute Gasteiger partial charge is 0.185 e. The fraction of sp³-hybridized carbons (Fsp3) is 0.292. The summed E-state index contributed by atoms with van der Waals surface area (Å²) in [5, 5.41) is 5.24. The number of halogens is 3. The number of nitrogens with two attached hydrogens (primary N) is 2. The number of nitrogens with zero attached hydrogens (tertiary/aromatic N) is 3. The van der Waals surface area contributed by atoms with Crippen molar-refractivity contribution in [1.82, 2.24) is 9.97 Å². The molecular formula is C24H31Cl3N6. The molecule has 6 nitrogen and oxygen atoms in total. The van der Waals surface area contributed by atoms with Gasteiger partial charge in [-0.05, 0) is 80.1 Å². The average molecular weight is 510 g/mol. The topological polar surface area (TPSA) is 102 Å². The molecule has 0 aliphatic rings. The summed E-state index contributed by atoms with van der Waals surface area (Å²) in [6.45, 7) is 5.69. The van der Waals surface area contributed by atoms with E-state index in [1.54, 1.807) is 0 Å². The molecule has 0 bridgehead atoms. The van der Waals surface area contributed by atoms with E-state index in [1.807, 2.05) is 36.4 Å². The van der Waals surface area contributed by atoms with Gasteiger partial charge in [0.15, 0.2) is 11.8 Å². The lowest BCUT2D eigenvalue weighted by molar-refractivity contribution is 0.706. The highest BCUT2D eigenvalue weighted by Gasteiger charge is 2.08. The quantitative estimate of drug-likeness (QED) is 0.193. The standard InChI is InChI=1S/C24H29ClN6.2ClH/c1-16-14-20-21(15-17(16)2)30-22(11-8-18-6-9-19(25)10-7-18)31-23(20)28-12-4-3-5-13-29-24(26)27;;/h6-11,14-15H,3-5,12-13H2,1-2H3,(H4,26,27,29)(H,28,30,31);2*1H. The molecule has 3 aromatic rings. The number of aryl methyl sites for hydroxylation is 2. The van der Waals surface area contributed by atoms with Crippen LogP contribution in [0.4, 0.5) is 5.82 Å². The SMILES string of the molecule is Cc1cc2nc(C=Cc3ccc(Cl)cc3)nc(NCCCCCN=C(N)N)c2cc1C.Cl.Cl. The van der Waals surface area contributed by atoms with Crippen molar-refractivity contribution < 1.29 is 0 Å². The number of hydrogen-bond donors (Lipinski definition) is 3. The van der Waals surface area contributed by atoms with Crippen molar-refractivity contribution in [2.24, 2.45) is 16.5 Å². The normalized spacial score (nSPS) is 10.5. The molecule has 0 saturated heterocycles. The molecular weight excluding hydrogens is 479 g/mol. The Morgan fingerprint density at radius 1 is 0.970 bits per heavy atom. The molecule has 0 amide bonds. The first kappa shape index (κ1) is 28.5. The molecule has 0 aliphatic heterocycles. The van der Waals surface area contributed by atoms with Crippen LogP contribution >= 0.6 is 36.4 Å². The zero-order valence-electron chi connectivity index (χ0n) is 18.8. The number of aliphatic imine (C=N–C) groups is 1. The van der Waals surface area contributed by atoms with Gasteiger partial charge >= 0.3 is 0 Å². The Kier molecular flexibility index (Phi) is 12.0. The van der Waals surface area contributed by atoms with Crippen molar-refractivity contribution in [2.75, 3.05) is 18.4 Å². The van der Waals surface area contributed by atoms with E-state index in [9.17, 15) is 0 Å². The molecule has 0 atom stereocenters. The van der Waals surface area contributed by atoms with E-state index in [0.717, 1.165) is 53.1 Å². The van der Waals surface area contributed by atoms with Crippen molar-refractivity contribution >= 4 is 71.2 Å². The molecule has 0 radical (unpaired) electrons. The maximum absolute atomic E-state index is 5.97. The van der Waals surface area contributed by atoms with Crippen molar-refractivity contribution in [2.45, 2.75) is 33.1 Å². The molecule has 3 rings (SSSR count). The van der Waals surface area contributed by atoms with Gasteiger partial charge in [0, 0.05) is 23.5 Å². The Hall–Kier alpha value is -2.54. The largest absolute Gasteiger partial charge is 0.370 e. The van der Waals surface area contributed by atoms with Crippen molar-refractivity contribution in [1.29, 1.82) is 0 Å². The van der Waals surface area contributed by atoms with Crippen molar-refractivity contribution in [3.63, 3.8) is 0 Å². The highest BCUT2D eigenvalue weighted by molar-refractivity contribution is 6.30. The van der Waals surface area contributed by atoms with Gasteiger partial charge in [-0.1, -0.05) is 29.8 Å². The summed E-state index contributed by atoms with van der Waals surface area (Å²) in [5.74, 6) is 1.67. The summed E-state index contributed by atoms with van der Waals surface area (Å²) >= 11 is 5.97. The fourth-order valence-corrected chi connectivity index (χ4v) is 3.31. The van der Waals surface area contributed by atoms with Crippen LogP contribution in [0, 0.1) is 13.8 Å². The lowest BCUT2D eigenvalue weighted by Gasteiger charge is -2.11. The van der Waals surface area contributed by atoms with Crippen LogP contribution < -0.4 is 16.8 Å². The number of aromatic nitrogens is 2. The van der Waals surface area contributed by atoms with Crippen molar-refractivity contribution in [3.8, 4) is 0 Å². The maximum Gasteiger partial charge on any atom is 0.185 e. The lowest BCUT2D eigenvalue weighted by Crippen LogP contribution is -2.22. The van der Waals surface area contributed by atoms with Crippen molar-refractivity contribution in [3.05, 3.63) is 63.9 Å². The van der Waals surface area contributed by atoms with Crippen LogP contribution in [-0.2, 0) is 0 Å². The third kappa shape index (κ3) is 8.72. The van der Waals surface area contributed by atoms with Gasteiger partial charge in [0.05, 0.1) is 5.52 Å². The van der Waals surface area contributed by atoms with E-state index < -0.39 is 0 Å². The Morgan fingerprint density at radius 3 is 2.36 bits per heavy atom. The summed E-state index contributed by atoms with van der Waals surface area (Å²) in [4.78, 5) is 13.5. The minimum absolute atomic E-state index is 0. The van der Waals surface area contributed by atoms with Crippen LogP contribution in [-0.4, -0.2) is 29.0 Å². The molecule has 0 unspecified atom stereocenters. The van der Waals surface area contributed by atoms with E-state index >= 15 is 0 Å². The second-order valence-electron chi connectivity index (χ2n) is 7.56. The Morgan fingerprint density at radius 2 is 1.67 bits per heavy atom. The van der Waals surface area contributed by atoms with Crippen LogP contribution in [0.1, 0.15) is 41.8 Å². The number of guanidine groups is 1. The van der Waals surface area contributed by atoms with Gasteiger partial charge in [-0.15, -0.1) is 24.8 Å². The summed E-state index contributed by atoms with van der Waals surface area (Å²) in [6, 6.07) is 11.9. The highest BCUT2D eigenvalue weighted by atomic mass is 35.5. The molecule has 5 N–H and O–H groups in total. The first-order chi connectivity index (χ1) is 14.9. The highest BCUT2D eigenvalue weighted by Crippen LogP contribution is 2.25. The average Bonchev–Trinajstić information content (AvgIpc) is 2.73. The predicted octanol–water partition coefficient (Wildman–Crippen LogP) is 5.77. The molecule has 0 saturated carbocycles. The van der Waals surface area contributed by atoms with Crippen LogP contribution in [0.3, 0.4) is 0 Å². The second-order valence-corrected chi connectivity index (χ2v) is 8.00. The number of unbranched alkanes of at least 4 members (excludes halogenated alkanes) is 2. The lowest BCUT2D eigenvalue weighted by atomic mass is 10.1. The van der Waals surface area contributed by atoms with Crippen LogP contribution in [0.15, 0.2) is 41.4 Å². The molecule has 1 aromatic heterocycles. The van der Waals surface area contributed by atoms with E-state index in [4.69, 9.17) is 33.0 Å². The van der Waals surface area contributed by atoms with Gasteiger partial charge in [0.25, 0.3) is 0 Å². The molecule has 178 valence electrons. The Bertz CT molecular complexity index is 1090. The monoisotopic (exact) mass is 508 g/mol. The van der Waals surface area contributed by atoms with Gasteiger partial charge in [-0.25, -0.2) is 9.97 Å². The molecule has 2 aromatic carbocycles. The molecule has 0 spiro atoms. The zero-order chi connectivity index (χ0) is 22.2. The molecule has 1 heterocycles. The van der Waals surface area contributed by atoms with Gasteiger partial charge in [0.2, 0.25) is 0 Å². The summed E-state index contributed by atoms with van der Waals surface area (Å²) in [5.41, 5.74) is 15.1. The molecule has 0 aliphatic carbocycles. The summed E-state index contributed by atoms with van der Waals surface area (Å²) < 4.78 is 0. The number of benzene rings is 2. The van der Waals surface area contributed by atoms with Gasteiger partial charge < -0.3 is 16.8 Å². The van der Waals surface area contributed by atoms with Gasteiger partial charge in [-0.3, -0.25) is 4.99 Å². The minimum atomic E-state index is 0. The second kappa shape index (κ2) is 13.9. The number of nitrogens with one attached hydrogen (secondary N) is 1. The van der Waals surface area contributed by atoms with E-state index in [1.165, 1.54) is 11.1 Å². The zero-order valence-corrected chi connectivity index (χ0v) is 21.2. The predicted molar refractivity (Wildman–Crippen MR) is 147 cm³/mol. The minimum Gasteiger partial charge on any atom is -0.370 e. The molecule has 9 heteroatoms. The Labute approximate surface area is 212 Å². The van der Waals surface area contributed by atoms with E-state index in [2.05, 4.69) is 36.3 Å². The number of rotatable bonds is 9. The first-order valence-electron chi connectivity index (χ1n) is 10.4. The van der Waals surface area contributed by atoms with Crippen LogP contribution in [0.5, 0.6) is 0 Å². The van der Waals surface area contributed by atoms with Gasteiger partial charge in [0.1, 0.15) is 5.82 Å². The summed E-state index contributed by atoms with van der Waals surface area (Å²) in [6.07, 6.45) is 6.92. The number of fused-ring (bicyclic) bond motifs is 1. The third-order valence-electron chi connectivity index (χ3n) is 5.05. The number of hydrogen-bond acceptors (Lipinski definition) is 4. The van der Waals surface area contributed by atoms with E-state index in [-0.39, 0.29) is 30.8 Å². The molecule has 0 fully saturated rings. The van der Waals surface area contributed by atoms with Crippen LogP contribution in [0.25, 0.3) is 23.1 Å².